The molecule has 2 amide bonds. The number of nitrogens with zero attached hydrogens (tertiary/aromatic N) is 4. The van der Waals surface area contributed by atoms with Crippen LogP contribution in [0.25, 0.3) is 5.69 Å². The topological polar surface area (TPSA) is 128 Å². The minimum Gasteiger partial charge on any atom is -0.452 e. The number of nitrogens with one attached hydrogen (secondary N) is 2. The highest BCUT2D eigenvalue weighted by molar-refractivity contribution is 5.95. The lowest BCUT2D eigenvalue weighted by atomic mass is 10.2. The number of hydrogen-bond acceptors (Lipinski definition) is 7. The van der Waals surface area contributed by atoms with Gasteiger partial charge in [0.05, 0.1) is 23.5 Å². The maximum absolute atomic E-state index is 13.5. The molecule has 0 aliphatic rings. The third-order valence-electron chi connectivity index (χ3n) is 3.79. The molecule has 1 heterocycles. The molecule has 3 rings (SSSR count). The number of amides is 2. The lowest BCUT2D eigenvalue weighted by Gasteiger charge is -2.09. The van der Waals surface area contributed by atoms with Crippen molar-refractivity contribution in [2.24, 2.45) is 0 Å². The summed E-state index contributed by atoms with van der Waals surface area (Å²) in [5.74, 6) is -7.24. The third kappa shape index (κ3) is 5.41. The Kier molecular flexibility index (Phi) is 6.54. The summed E-state index contributed by atoms with van der Waals surface area (Å²) in [7, 11) is 0. The molecule has 0 saturated carbocycles. The van der Waals surface area contributed by atoms with Crippen molar-refractivity contribution < 1.29 is 32.3 Å². The Labute approximate surface area is 172 Å². The first-order chi connectivity index (χ1) is 14.8. The van der Waals surface area contributed by atoms with Gasteiger partial charge in [0.2, 0.25) is 5.91 Å². The molecule has 2 N–H and O–H groups in total. The van der Waals surface area contributed by atoms with Crippen LogP contribution in [0.3, 0.4) is 0 Å². The van der Waals surface area contributed by atoms with E-state index in [0.29, 0.717) is 11.8 Å². The van der Waals surface area contributed by atoms with E-state index in [-0.39, 0.29) is 5.56 Å². The van der Waals surface area contributed by atoms with Gasteiger partial charge >= 0.3 is 5.97 Å². The SMILES string of the molecule is O=C(COC(=O)c1cccc(-n2cnnn2)c1)NCC(=O)Nc1ccc(F)c(F)c1F. The molecule has 0 aliphatic heterocycles. The number of carbonyl (C=O) groups excluding carboxylic acids is 3. The van der Waals surface area contributed by atoms with Gasteiger partial charge in [0.25, 0.3) is 5.91 Å². The quantitative estimate of drug-likeness (QED) is 0.419. The number of benzene rings is 2. The fourth-order valence-electron chi connectivity index (χ4n) is 2.32. The number of tetrazole rings is 1. The fraction of sp³-hybridized carbons (Fsp3) is 0.111. The molecule has 13 heteroatoms. The first-order valence-electron chi connectivity index (χ1n) is 8.55. The van der Waals surface area contributed by atoms with Crippen molar-refractivity contribution in [3.63, 3.8) is 0 Å². The van der Waals surface area contributed by atoms with Crippen LogP contribution in [0.4, 0.5) is 18.9 Å². The summed E-state index contributed by atoms with van der Waals surface area (Å²) in [4.78, 5) is 35.6. The number of rotatable bonds is 7. The fourth-order valence-corrected chi connectivity index (χ4v) is 2.32. The van der Waals surface area contributed by atoms with Gasteiger partial charge in [-0.1, -0.05) is 6.07 Å². The molecule has 0 spiro atoms. The molecule has 31 heavy (non-hydrogen) atoms. The maximum atomic E-state index is 13.5. The van der Waals surface area contributed by atoms with Gasteiger partial charge < -0.3 is 15.4 Å². The van der Waals surface area contributed by atoms with E-state index >= 15 is 0 Å². The molecule has 0 radical (unpaired) electrons. The van der Waals surface area contributed by atoms with Gasteiger partial charge in [-0.05, 0) is 40.8 Å². The average molecular weight is 434 g/mol. The molecule has 3 aromatic rings. The summed E-state index contributed by atoms with van der Waals surface area (Å²) in [5.41, 5.74) is 0.0319. The summed E-state index contributed by atoms with van der Waals surface area (Å²) in [6.07, 6.45) is 1.33. The largest absolute Gasteiger partial charge is 0.452 e. The van der Waals surface area contributed by atoms with Crippen LogP contribution in [-0.2, 0) is 14.3 Å². The Balaban J connectivity index is 1.47. The Morgan fingerprint density at radius 2 is 1.84 bits per heavy atom. The number of aromatic nitrogens is 4. The molecule has 0 aliphatic carbocycles. The summed E-state index contributed by atoms with van der Waals surface area (Å²) >= 11 is 0. The van der Waals surface area contributed by atoms with Crippen LogP contribution in [0.2, 0.25) is 0 Å². The number of anilines is 1. The predicted molar refractivity (Wildman–Crippen MR) is 97.4 cm³/mol. The van der Waals surface area contributed by atoms with Crippen molar-refractivity contribution in [1.29, 1.82) is 0 Å². The van der Waals surface area contributed by atoms with E-state index in [4.69, 9.17) is 4.74 Å². The van der Waals surface area contributed by atoms with Gasteiger partial charge in [-0.15, -0.1) is 5.10 Å². The van der Waals surface area contributed by atoms with Crippen molar-refractivity contribution in [1.82, 2.24) is 25.5 Å². The van der Waals surface area contributed by atoms with Crippen molar-refractivity contribution in [3.8, 4) is 5.69 Å². The van der Waals surface area contributed by atoms with Crippen LogP contribution in [-0.4, -0.2) is 51.1 Å². The van der Waals surface area contributed by atoms with E-state index in [1.807, 2.05) is 5.32 Å². The second-order valence-electron chi connectivity index (χ2n) is 5.93. The Bertz CT molecular complexity index is 1120. The molecule has 1 aromatic heterocycles. The van der Waals surface area contributed by atoms with Gasteiger partial charge in [0.15, 0.2) is 24.1 Å². The summed E-state index contributed by atoms with van der Waals surface area (Å²) in [5, 5.41) is 14.8. The minimum atomic E-state index is -1.74. The summed E-state index contributed by atoms with van der Waals surface area (Å²) < 4.78 is 45.7. The van der Waals surface area contributed by atoms with Gasteiger partial charge in [0, 0.05) is 0 Å². The van der Waals surface area contributed by atoms with E-state index in [1.165, 1.54) is 23.1 Å². The second-order valence-corrected chi connectivity index (χ2v) is 5.93. The van der Waals surface area contributed by atoms with Crippen LogP contribution in [0.15, 0.2) is 42.7 Å². The zero-order chi connectivity index (χ0) is 22.4. The Morgan fingerprint density at radius 3 is 2.58 bits per heavy atom. The van der Waals surface area contributed by atoms with Crippen molar-refractivity contribution >= 4 is 23.5 Å². The molecule has 0 atom stereocenters. The van der Waals surface area contributed by atoms with Gasteiger partial charge in [0.1, 0.15) is 6.33 Å². The summed E-state index contributed by atoms with van der Waals surface area (Å²) in [6.45, 7) is -1.32. The number of hydrogen-bond donors (Lipinski definition) is 2. The minimum absolute atomic E-state index is 0.132. The molecular formula is C18H13F3N6O4. The summed E-state index contributed by atoms with van der Waals surface area (Å²) in [6, 6.07) is 7.58. The Hall–Kier alpha value is -4.29. The van der Waals surface area contributed by atoms with Crippen LogP contribution in [0, 0.1) is 17.5 Å². The van der Waals surface area contributed by atoms with E-state index in [9.17, 15) is 27.6 Å². The second kappa shape index (κ2) is 9.47. The van der Waals surface area contributed by atoms with E-state index in [1.54, 1.807) is 12.1 Å². The maximum Gasteiger partial charge on any atom is 0.338 e. The highest BCUT2D eigenvalue weighted by Crippen LogP contribution is 2.19. The van der Waals surface area contributed by atoms with Gasteiger partial charge in [-0.3, -0.25) is 9.59 Å². The number of ether oxygens (including phenoxy) is 1. The van der Waals surface area contributed by atoms with Gasteiger partial charge in [-0.2, -0.15) is 0 Å². The normalized spacial score (nSPS) is 10.4. The lowest BCUT2D eigenvalue weighted by Crippen LogP contribution is -2.35. The number of carbonyl (C=O) groups is 3. The molecule has 0 saturated heterocycles. The van der Waals surface area contributed by atoms with Gasteiger partial charge in [-0.25, -0.2) is 22.6 Å². The van der Waals surface area contributed by atoms with Crippen molar-refractivity contribution in [2.45, 2.75) is 0 Å². The monoisotopic (exact) mass is 434 g/mol. The third-order valence-corrected chi connectivity index (χ3v) is 3.79. The average Bonchev–Trinajstić information content (AvgIpc) is 3.31. The molecule has 0 bridgehead atoms. The zero-order valence-corrected chi connectivity index (χ0v) is 15.5. The number of halogens is 3. The van der Waals surface area contributed by atoms with E-state index in [2.05, 4.69) is 20.8 Å². The van der Waals surface area contributed by atoms with E-state index in [0.717, 1.165) is 6.07 Å². The van der Waals surface area contributed by atoms with Crippen LogP contribution in [0.1, 0.15) is 10.4 Å². The highest BCUT2D eigenvalue weighted by atomic mass is 19.2. The molecule has 160 valence electrons. The molecule has 10 nitrogen and oxygen atoms in total. The standard InChI is InChI=1S/C18H13F3N6O4/c19-12-4-5-13(17(21)16(12)20)24-14(28)7-22-15(29)8-31-18(30)10-2-1-3-11(6-10)27-9-23-25-26-27/h1-6,9H,7-8H2,(H,22,29)(H,24,28). The number of esters is 1. The molecule has 0 fully saturated rings. The molecule has 0 unspecified atom stereocenters. The predicted octanol–water partition coefficient (Wildman–Crippen LogP) is 0.991. The van der Waals surface area contributed by atoms with Crippen LogP contribution in [0.5, 0.6) is 0 Å². The zero-order valence-electron chi connectivity index (χ0n) is 15.5. The van der Waals surface area contributed by atoms with Crippen molar-refractivity contribution in [3.05, 3.63) is 65.7 Å². The van der Waals surface area contributed by atoms with Crippen LogP contribution >= 0.6 is 0 Å². The first-order valence-corrected chi connectivity index (χ1v) is 8.55. The lowest BCUT2D eigenvalue weighted by molar-refractivity contribution is -0.126. The Morgan fingerprint density at radius 1 is 1.03 bits per heavy atom. The molecular weight excluding hydrogens is 421 g/mol. The first kappa shape index (κ1) is 21.4. The highest BCUT2D eigenvalue weighted by Gasteiger charge is 2.16. The van der Waals surface area contributed by atoms with Crippen molar-refractivity contribution in [2.75, 3.05) is 18.5 Å². The van der Waals surface area contributed by atoms with E-state index < -0.39 is 54.1 Å². The molecule has 2 aromatic carbocycles. The van der Waals surface area contributed by atoms with Crippen LogP contribution < -0.4 is 10.6 Å². The smallest absolute Gasteiger partial charge is 0.338 e.